The van der Waals surface area contributed by atoms with Crippen LogP contribution in [0.5, 0.6) is 11.5 Å². The van der Waals surface area contributed by atoms with Gasteiger partial charge in [0.1, 0.15) is 11.5 Å². The first-order chi connectivity index (χ1) is 9.51. The van der Waals surface area contributed by atoms with Gasteiger partial charge < -0.3 is 9.47 Å². The smallest absolute Gasteiger partial charge is 0.343 e. The molecule has 0 unspecified atom stereocenters. The van der Waals surface area contributed by atoms with Crippen LogP contribution in [0.4, 0.5) is 0 Å². The molecule has 0 aliphatic heterocycles. The van der Waals surface area contributed by atoms with Crippen LogP contribution in [0.3, 0.4) is 0 Å². The first-order valence-electron chi connectivity index (χ1n) is 5.83. The molecule has 5 heteroatoms. The van der Waals surface area contributed by atoms with Gasteiger partial charge in [-0.15, -0.1) is 0 Å². The largest absolute Gasteiger partial charge is 0.496 e. The molecule has 0 bridgehead atoms. The minimum Gasteiger partial charge on any atom is -0.496 e. The fourth-order valence-corrected chi connectivity index (χ4v) is 2.89. The lowest BCUT2D eigenvalue weighted by molar-refractivity contribution is 0.0733. The highest BCUT2D eigenvalue weighted by molar-refractivity contribution is 14.1. The molecule has 0 atom stereocenters. The number of esters is 1. The van der Waals surface area contributed by atoms with E-state index < -0.39 is 0 Å². The number of carbonyl (C=O) groups is 1. The third-order valence-electron chi connectivity index (χ3n) is 2.73. The predicted molar refractivity (Wildman–Crippen MR) is 89.5 cm³/mol. The van der Waals surface area contributed by atoms with Crippen LogP contribution in [0.25, 0.3) is 0 Å². The predicted octanol–water partition coefficient (Wildman–Crippen LogP) is 4.59. The van der Waals surface area contributed by atoms with Crippen molar-refractivity contribution in [2.45, 2.75) is 6.92 Å². The van der Waals surface area contributed by atoms with Crippen molar-refractivity contribution in [1.82, 2.24) is 0 Å². The van der Waals surface area contributed by atoms with Gasteiger partial charge >= 0.3 is 5.97 Å². The lowest BCUT2D eigenvalue weighted by atomic mass is 10.2. The summed E-state index contributed by atoms with van der Waals surface area (Å²) in [5.74, 6) is 0.919. The van der Waals surface area contributed by atoms with Crippen molar-refractivity contribution >= 4 is 44.5 Å². The van der Waals surface area contributed by atoms with Gasteiger partial charge in [0.25, 0.3) is 0 Å². The van der Waals surface area contributed by atoms with E-state index in [2.05, 4.69) is 38.5 Å². The van der Waals surface area contributed by atoms with Gasteiger partial charge in [-0.25, -0.2) is 4.79 Å². The second kappa shape index (κ2) is 6.58. The van der Waals surface area contributed by atoms with Gasteiger partial charge in [0.2, 0.25) is 0 Å². The van der Waals surface area contributed by atoms with E-state index in [-0.39, 0.29) is 5.97 Å². The van der Waals surface area contributed by atoms with E-state index >= 15 is 0 Å². The summed E-state index contributed by atoms with van der Waals surface area (Å²) < 4.78 is 12.4. The number of hydrogen-bond donors (Lipinski definition) is 0. The van der Waals surface area contributed by atoms with Crippen molar-refractivity contribution in [1.29, 1.82) is 0 Å². The minimum absolute atomic E-state index is 0.379. The molecule has 0 heterocycles. The van der Waals surface area contributed by atoms with Gasteiger partial charge in [-0.2, -0.15) is 0 Å². The summed E-state index contributed by atoms with van der Waals surface area (Å²) >= 11 is 5.50. The zero-order valence-corrected chi connectivity index (χ0v) is 14.7. The Morgan fingerprint density at radius 1 is 1.15 bits per heavy atom. The number of carbonyl (C=O) groups excluding carboxylic acids is 1. The van der Waals surface area contributed by atoms with Crippen LogP contribution in [0, 0.1) is 10.5 Å². The van der Waals surface area contributed by atoms with Crippen LogP contribution in [0.15, 0.2) is 40.9 Å². The van der Waals surface area contributed by atoms with Crippen molar-refractivity contribution in [3.63, 3.8) is 0 Å². The third kappa shape index (κ3) is 3.52. The normalized spacial score (nSPS) is 10.2. The molecular formula is C15H12BrIO3. The first kappa shape index (κ1) is 15.3. The second-order valence-electron chi connectivity index (χ2n) is 4.15. The zero-order valence-electron chi connectivity index (χ0n) is 10.9. The lowest BCUT2D eigenvalue weighted by Crippen LogP contribution is -2.09. The molecule has 0 aliphatic rings. The topological polar surface area (TPSA) is 35.5 Å². The maximum atomic E-state index is 12.1. The van der Waals surface area contributed by atoms with Crippen LogP contribution in [-0.4, -0.2) is 13.1 Å². The Labute approximate surface area is 139 Å². The molecule has 0 amide bonds. The van der Waals surface area contributed by atoms with Gasteiger partial charge in [0.15, 0.2) is 0 Å². The Balaban J connectivity index is 2.21. The van der Waals surface area contributed by atoms with Crippen LogP contribution in [-0.2, 0) is 0 Å². The van der Waals surface area contributed by atoms with Gasteiger partial charge in [0.05, 0.1) is 16.2 Å². The third-order valence-corrected chi connectivity index (χ3v) is 4.06. The van der Waals surface area contributed by atoms with Crippen LogP contribution < -0.4 is 9.47 Å². The molecule has 0 N–H and O–H groups in total. The minimum atomic E-state index is -0.379. The number of aryl methyl sites for hydroxylation is 1. The van der Waals surface area contributed by atoms with E-state index in [1.54, 1.807) is 31.4 Å². The van der Waals surface area contributed by atoms with E-state index in [1.165, 1.54) is 0 Å². The van der Waals surface area contributed by atoms with Crippen molar-refractivity contribution < 1.29 is 14.3 Å². The van der Waals surface area contributed by atoms with Crippen LogP contribution >= 0.6 is 38.5 Å². The summed E-state index contributed by atoms with van der Waals surface area (Å²) in [4.78, 5) is 12.1. The average molecular weight is 447 g/mol. The van der Waals surface area contributed by atoms with Crippen molar-refractivity contribution in [3.05, 3.63) is 55.6 Å². The van der Waals surface area contributed by atoms with Gasteiger partial charge in [-0.3, -0.25) is 0 Å². The lowest BCUT2D eigenvalue weighted by Gasteiger charge is -2.09. The Bertz CT molecular complexity index is 656. The number of rotatable bonds is 3. The number of ether oxygens (including phenoxy) is 2. The van der Waals surface area contributed by atoms with Crippen LogP contribution in [0.2, 0.25) is 0 Å². The molecule has 0 aromatic heterocycles. The first-order valence-corrected chi connectivity index (χ1v) is 7.70. The van der Waals surface area contributed by atoms with E-state index in [0.29, 0.717) is 11.3 Å². The molecule has 2 rings (SSSR count). The van der Waals surface area contributed by atoms with Crippen molar-refractivity contribution in [2.24, 2.45) is 0 Å². The van der Waals surface area contributed by atoms with E-state index in [9.17, 15) is 4.79 Å². The molecule has 0 saturated carbocycles. The molecule has 2 aromatic rings. The Morgan fingerprint density at radius 3 is 2.45 bits per heavy atom. The van der Waals surface area contributed by atoms with Gasteiger partial charge in [-0.05, 0) is 71.5 Å². The fourth-order valence-electron chi connectivity index (χ4n) is 1.68. The Hall–Kier alpha value is -1.08. The standard InChI is InChI=1S/C15H12BrIO3/c1-9-7-11(16)4-6-13(9)20-15(18)10-3-5-14(19-2)12(17)8-10/h3-8H,1-2H3. The van der Waals surface area contributed by atoms with Gasteiger partial charge in [0, 0.05) is 4.47 Å². The van der Waals surface area contributed by atoms with E-state index in [1.807, 2.05) is 19.1 Å². The van der Waals surface area contributed by atoms with E-state index in [0.717, 1.165) is 19.4 Å². The average Bonchev–Trinajstić information content (AvgIpc) is 2.41. The maximum absolute atomic E-state index is 12.1. The number of benzene rings is 2. The molecule has 0 fully saturated rings. The summed E-state index contributed by atoms with van der Waals surface area (Å²) in [6.45, 7) is 1.89. The molecule has 0 aliphatic carbocycles. The quantitative estimate of drug-likeness (QED) is 0.393. The zero-order chi connectivity index (χ0) is 14.7. The molecule has 104 valence electrons. The summed E-state index contributed by atoms with van der Waals surface area (Å²) in [6.07, 6.45) is 0. The summed E-state index contributed by atoms with van der Waals surface area (Å²) in [5.41, 5.74) is 1.40. The molecule has 2 aromatic carbocycles. The summed E-state index contributed by atoms with van der Waals surface area (Å²) in [6, 6.07) is 10.7. The van der Waals surface area contributed by atoms with Crippen molar-refractivity contribution in [3.8, 4) is 11.5 Å². The van der Waals surface area contributed by atoms with Crippen LogP contribution in [0.1, 0.15) is 15.9 Å². The molecule has 0 radical (unpaired) electrons. The molecular weight excluding hydrogens is 435 g/mol. The van der Waals surface area contributed by atoms with Gasteiger partial charge in [-0.1, -0.05) is 15.9 Å². The molecule has 20 heavy (non-hydrogen) atoms. The fraction of sp³-hybridized carbons (Fsp3) is 0.133. The molecule has 0 saturated heterocycles. The summed E-state index contributed by atoms with van der Waals surface area (Å²) in [5, 5.41) is 0. The second-order valence-corrected chi connectivity index (χ2v) is 6.23. The highest BCUT2D eigenvalue weighted by Gasteiger charge is 2.12. The number of halogens is 2. The van der Waals surface area contributed by atoms with Crippen molar-refractivity contribution in [2.75, 3.05) is 7.11 Å². The highest BCUT2D eigenvalue weighted by atomic mass is 127. The van der Waals surface area contributed by atoms with E-state index in [4.69, 9.17) is 9.47 Å². The molecule has 0 spiro atoms. The Kier molecular flexibility index (Phi) is 5.04. The SMILES string of the molecule is COc1ccc(C(=O)Oc2ccc(Br)cc2C)cc1I. The Morgan fingerprint density at radius 2 is 1.85 bits per heavy atom. The number of methoxy groups -OCH3 is 1. The summed E-state index contributed by atoms with van der Waals surface area (Å²) in [7, 11) is 1.60. The number of hydrogen-bond acceptors (Lipinski definition) is 3. The monoisotopic (exact) mass is 446 g/mol. The maximum Gasteiger partial charge on any atom is 0.343 e. The highest BCUT2D eigenvalue weighted by Crippen LogP contribution is 2.25. The molecule has 3 nitrogen and oxygen atoms in total.